The molecule has 0 aliphatic rings. The van der Waals surface area contributed by atoms with Gasteiger partial charge in [0.15, 0.2) is 0 Å². The van der Waals surface area contributed by atoms with Gasteiger partial charge < -0.3 is 34.7 Å². The van der Waals surface area contributed by atoms with E-state index in [4.69, 9.17) is 34.7 Å². The first-order valence-electron chi connectivity index (χ1n) is 12.1. The molecule has 4 nitrogen and oxygen atoms in total. The Hall–Kier alpha value is -3.93. The Morgan fingerprint density at radius 2 is 1.18 bits per heavy atom. The molecule has 5 rings (SSSR count). The maximum absolute atomic E-state index is 5.61. The van der Waals surface area contributed by atoms with Gasteiger partial charge in [-0.3, -0.25) is 9.97 Å². The molecule has 200 valence electrons. The molecule has 40 heavy (non-hydrogen) atoms. The van der Waals surface area contributed by atoms with Crippen LogP contribution < -0.4 is 9.47 Å². The molecular formula is C33H24N2O2PtS2. The number of aromatic nitrogens is 2. The molecule has 0 amide bonds. The van der Waals surface area contributed by atoms with Crippen LogP contribution in [-0.4, -0.2) is 23.2 Å². The molecule has 5 aromatic rings. The van der Waals surface area contributed by atoms with Crippen molar-refractivity contribution in [1.29, 1.82) is 0 Å². The molecule has 0 saturated heterocycles. The summed E-state index contributed by atoms with van der Waals surface area (Å²) in [6.45, 7) is 2.58. The van der Waals surface area contributed by atoms with E-state index in [0.29, 0.717) is 11.5 Å². The summed E-state index contributed by atoms with van der Waals surface area (Å²) in [7, 11) is 0. The van der Waals surface area contributed by atoms with Gasteiger partial charge >= 0.3 is 21.1 Å². The van der Waals surface area contributed by atoms with E-state index in [2.05, 4.69) is 33.6 Å². The molecule has 0 atom stereocenters. The Kier molecular flexibility index (Phi) is 12.4. The van der Waals surface area contributed by atoms with Crippen LogP contribution >= 0.6 is 0 Å². The van der Waals surface area contributed by atoms with Gasteiger partial charge in [0.1, 0.15) is 24.7 Å². The number of rotatable bonds is 4. The number of para-hydroxylation sites is 2. The number of pyridine rings is 2. The average molecular weight is 740 g/mol. The number of ether oxygens (including phenoxy) is 2. The first-order valence-corrected chi connectivity index (χ1v) is 12.9. The molecule has 0 saturated carbocycles. The van der Waals surface area contributed by atoms with Crippen LogP contribution in [0.1, 0.15) is 5.56 Å². The average Bonchev–Trinajstić information content (AvgIpc) is 2.96. The second-order valence-corrected chi connectivity index (χ2v) is 9.11. The maximum Gasteiger partial charge on any atom is 2.00 e. The van der Waals surface area contributed by atoms with Gasteiger partial charge in [0.2, 0.25) is 0 Å². The molecule has 3 aromatic carbocycles. The fraction of sp³-hybridized carbons (Fsp3) is 0.0909. The van der Waals surface area contributed by atoms with E-state index in [1.165, 1.54) is 5.56 Å². The fourth-order valence-electron chi connectivity index (χ4n) is 3.40. The Balaban J connectivity index is 0.000000377. The zero-order chi connectivity index (χ0) is 27.3. The van der Waals surface area contributed by atoms with Crippen molar-refractivity contribution < 1.29 is 30.5 Å². The normalized spacial score (nSPS) is 9.82. The second-order valence-electron chi connectivity index (χ2n) is 8.23. The van der Waals surface area contributed by atoms with Crippen LogP contribution in [0, 0.1) is 30.6 Å². The van der Waals surface area contributed by atoms with Crippen LogP contribution in [0.2, 0.25) is 0 Å². The van der Waals surface area contributed by atoms with Crippen molar-refractivity contribution >= 4 is 47.1 Å². The van der Waals surface area contributed by atoms with E-state index in [9.17, 15) is 0 Å². The SMILES string of the molecule is C(#CCOc1cnc2ccccc2c1)/C=C\C#CCOc1cnc2ccccc2c1.Cc1ccc([S-])c([S-])c1.[Pt+2]. The van der Waals surface area contributed by atoms with Crippen molar-refractivity contribution in [3.8, 4) is 35.2 Å². The summed E-state index contributed by atoms with van der Waals surface area (Å²) in [5.74, 6) is 13.0. The van der Waals surface area contributed by atoms with Gasteiger partial charge in [-0.15, -0.1) is 0 Å². The summed E-state index contributed by atoms with van der Waals surface area (Å²) < 4.78 is 11.2. The number of hydrogen-bond acceptors (Lipinski definition) is 6. The van der Waals surface area contributed by atoms with E-state index < -0.39 is 0 Å². The van der Waals surface area contributed by atoms with Crippen LogP contribution in [0.25, 0.3) is 21.8 Å². The molecule has 2 aromatic heterocycles. The van der Waals surface area contributed by atoms with E-state index in [0.717, 1.165) is 31.6 Å². The molecule has 0 radical (unpaired) electrons. The van der Waals surface area contributed by atoms with Gasteiger partial charge in [-0.25, -0.2) is 0 Å². The van der Waals surface area contributed by atoms with Crippen molar-refractivity contribution in [3.63, 3.8) is 0 Å². The molecule has 0 fully saturated rings. The first-order chi connectivity index (χ1) is 19.1. The number of hydrogen-bond donors (Lipinski definition) is 0. The smallest absolute Gasteiger partial charge is 0.781 e. The van der Waals surface area contributed by atoms with Gasteiger partial charge in [0, 0.05) is 10.8 Å². The van der Waals surface area contributed by atoms with Crippen LogP contribution in [-0.2, 0) is 46.3 Å². The third kappa shape index (κ3) is 9.67. The Labute approximate surface area is 260 Å². The summed E-state index contributed by atoms with van der Waals surface area (Å²) in [5, 5.41) is 2.08. The van der Waals surface area contributed by atoms with Crippen molar-refractivity contribution in [1.82, 2.24) is 9.97 Å². The number of fused-ring (bicyclic) bond motifs is 2. The van der Waals surface area contributed by atoms with Crippen LogP contribution in [0.15, 0.2) is 113 Å². The molecule has 0 aliphatic heterocycles. The molecule has 2 heterocycles. The van der Waals surface area contributed by atoms with Crippen LogP contribution in [0.4, 0.5) is 0 Å². The third-order valence-corrected chi connectivity index (χ3v) is 6.13. The zero-order valence-electron chi connectivity index (χ0n) is 21.6. The number of nitrogens with zero attached hydrogens (tertiary/aromatic N) is 2. The van der Waals surface area contributed by atoms with E-state index in [1.54, 1.807) is 24.5 Å². The molecular weight excluding hydrogens is 716 g/mol. The van der Waals surface area contributed by atoms with Gasteiger partial charge in [-0.2, -0.15) is 9.79 Å². The Morgan fingerprint density at radius 3 is 1.65 bits per heavy atom. The number of aryl methyl sites for hydroxylation is 1. The van der Waals surface area contributed by atoms with Gasteiger partial charge in [-0.1, -0.05) is 83.8 Å². The summed E-state index contributed by atoms with van der Waals surface area (Å²) >= 11 is 9.85. The molecule has 0 spiro atoms. The zero-order valence-corrected chi connectivity index (χ0v) is 25.5. The number of allylic oxidation sites excluding steroid dienone is 2. The summed E-state index contributed by atoms with van der Waals surface area (Å²) in [5.41, 5.74) is 3.06. The fourth-order valence-corrected chi connectivity index (χ4v) is 3.78. The van der Waals surface area contributed by atoms with Crippen molar-refractivity contribution in [2.24, 2.45) is 0 Å². The van der Waals surface area contributed by atoms with E-state index in [-0.39, 0.29) is 34.3 Å². The van der Waals surface area contributed by atoms with E-state index in [1.807, 2.05) is 85.8 Å². The molecule has 0 N–H and O–H groups in total. The largest absolute Gasteiger partial charge is 2.00 e. The van der Waals surface area contributed by atoms with Crippen molar-refractivity contribution in [3.05, 3.63) is 109 Å². The Bertz CT molecular complexity index is 1630. The predicted molar refractivity (Wildman–Crippen MR) is 162 cm³/mol. The standard InChI is InChI=1S/C26H18N2O2.C7H8S2.Pt/c1(3-9-15-29-23-17-21-11-5-7-13-25(21)27-19-23)2-4-10-16-30-24-18-22-12-6-8-14-26(22)28-20-24;1-5-2-3-6(8)7(9)4-5;/h1-2,5-8,11-14,17-20H,15-16H2;2-4,8-9H,1H3;/q;;+2/p-2/b2-1-;;. The van der Waals surface area contributed by atoms with Crippen LogP contribution in [0.5, 0.6) is 11.5 Å². The third-order valence-electron chi connectivity index (χ3n) is 5.31. The minimum Gasteiger partial charge on any atom is -0.781 e. The Morgan fingerprint density at radius 1 is 0.675 bits per heavy atom. The van der Waals surface area contributed by atoms with Gasteiger partial charge in [0.05, 0.1) is 23.4 Å². The molecule has 0 unspecified atom stereocenters. The summed E-state index contributed by atoms with van der Waals surface area (Å²) in [4.78, 5) is 10.3. The maximum atomic E-state index is 5.61. The molecule has 0 bridgehead atoms. The van der Waals surface area contributed by atoms with Crippen LogP contribution in [0.3, 0.4) is 0 Å². The van der Waals surface area contributed by atoms with Gasteiger partial charge in [0.25, 0.3) is 0 Å². The quantitative estimate of drug-likeness (QED) is 0.153. The number of benzene rings is 3. The second kappa shape index (κ2) is 16.2. The summed E-state index contributed by atoms with van der Waals surface area (Å²) in [6.07, 6.45) is 6.78. The van der Waals surface area contributed by atoms with E-state index >= 15 is 0 Å². The summed E-state index contributed by atoms with van der Waals surface area (Å²) in [6, 6.07) is 25.5. The minimum absolute atomic E-state index is 0. The molecule has 0 aliphatic carbocycles. The first kappa shape index (κ1) is 30.6. The van der Waals surface area contributed by atoms with Gasteiger partial charge in [-0.05, 0) is 43.3 Å². The minimum atomic E-state index is 0. The van der Waals surface area contributed by atoms with Crippen molar-refractivity contribution in [2.45, 2.75) is 16.7 Å². The molecule has 7 heteroatoms. The monoisotopic (exact) mass is 739 g/mol. The topological polar surface area (TPSA) is 44.2 Å². The predicted octanol–water partition coefficient (Wildman–Crippen LogP) is 6.61. The van der Waals surface area contributed by atoms with Crippen molar-refractivity contribution in [2.75, 3.05) is 13.2 Å².